The fraction of sp³-hybridized carbons (Fsp3) is 0.786. The van der Waals surface area contributed by atoms with Gasteiger partial charge in [-0.1, -0.05) is 11.6 Å². The van der Waals surface area contributed by atoms with Gasteiger partial charge in [-0.2, -0.15) is 4.98 Å². The van der Waals surface area contributed by atoms with Crippen molar-refractivity contribution in [3.8, 4) is 0 Å². The first kappa shape index (κ1) is 14.5. The van der Waals surface area contributed by atoms with Crippen LogP contribution in [0.25, 0.3) is 0 Å². The lowest BCUT2D eigenvalue weighted by Gasteiger charge is -2.28. The SMILES string of the molecule is CCN(Cc1noc(C2CCC2)n1)C(=O)[C@H]1CNCCO1. The first-order chi connectivity index (χ1) is 10.3. The van der Waals surface area contributed by atoms with Crippen LogP contribution in [0.5, 0.6) is 0 Å². The predicted octanol–water partition coefficient (Wildman–Crippen LogP) is 0.674. The van der Waals surface area contributed by atoms with Crippen molar-refractivity contribution in [3.05, 3.63) is 11.7 Å². The fourth-order valence-corrected chi connectivity index (χ4v) is 2.60. The van der Waals surface area contributed by atoms with Gasteiger partial charge in [0.05, 0.1) is 13.2 Å². The smallest absolute Gasteiger partial charge is 0.253 e. The molecular weight excluding hydrogens is 272 g/mol. The van der Waals surface area contributed by atoms with Crippen LogP contribution < -0.4 is 5.32 Å². The van der Waals surface area contributed by atoms with E-state index in [0.29, 0.717) is 38.0 Å². The number of morpholine rings is 1. The Labute approximate surface area is 124 Å². The van der Waals surface area contributed by atoms with Crippen molar-refractivity contribution in [1.82, 2.24) is 20.4 Å². The molecule has 1 aromatic rings. The van der Waals surface area contributed by atoms with Crippen LogP contribution in [0.15, 0.2) is 4.52 Å². The Morgan fingerprint density at radius 2 is 2.33 bits per heavy atom. The van der Waals surface area contributed by atoms with Gasteiger partial charge in [-0.3, -0.25) is 4.79 Å². The predicted molar refractivity (Wildman–Crippen MR) is 74.6 cm³/mol. The van der Waals surface area contributed by atoms with Crippen LogP contribution in [0.2, 0.25) is 0 Å². The van der Waals surface area contributed by atoms with Crippen molar-refractivity contribution >= 4 is 5.91 Å². The van der Waals surface area contributed by atoms with Gasteiger partial charge in [-0.15, -0.1) is 0 Å². The average Bonchev–Trinajstić information content (AvgIpc) is 2.91. The maximum atomic E-state index is 12.4. The molecule has 1 atom stereocenters. The molecule has 1 amide bonds. The molecule has 3 rings (SSSR count). The zero-order valence-electron chi connectivity index (χ0n) is 12.4. The maximum Gasteiger partial charge on any atom is 0.253 e. The summed E-state index contributed by atoms with van der Waals surface area (Å²) in [5, 5.41) is 7.17. The third-order valence-corrected chi connectivity index (χ3v) is 4.17. The highest BCUT2D eigenvalue weighted by molar-refractivity contribution is 5.81. The Hall–Kier alpha value is -1.47. The van der Waals surface area contributed by atoms with E-state index in [1.807, 2.05) is 6.92 Å². The molecule has 0 aromatic carbocycles. The molecule has 1 saturated heterocycles. The number of amides is 1. The molecule has 2 fully saturated rings. The monoisotopic (exact) mass is 294 g/mol. The number of ether oxygens (including phenoxy) is 1. The van der Waals surface area contributed by atoms with Crippen LogP contribution in [0.3, 0.4) is 0 Å². The van der Waals surface area contributed by atoms with E-state index in [1.165, 1.54) is 6.42 Å². The van der Waals surface area contributed by atoms with Gasteiger partial charge >= 0.3 is 0 Å². The van der Waals surface area contributed by atoms with Gasteiger partial charge in [-0.05, 0) is 19.8 Å². The summed E-state index contributed by atoms with van der Waals surface area (Å²) in [6.07, 6.45) is 3.07. The van der Waals surface area contributed by atoms with E-state index in [9.17, 15) is 4.79 Å². The summed E-state index contributed by atoms with van der Waals surface area (Å²) < 4.78 is 10.8. The van der Waals surface area contributed by atoms with E-state index in [4.69, 9.17) is 9.26 Å². The molecule has 2 aliphatic rings. The molecule has 1 aromatic heterocycles. The molecule has 1 aliphatic heterocycles. The molecule has 7 heteroatoms. The second kappa shape index (κ2) is 6.53. The summed E-state index contributed by atoms with van der Waals surface area (Å²) in [5.41, 5.74) is 0. The molecule has 2 heterocycles. The second-order valence-electron chi connectivity index (χ2n) is 5.59. The molecule has 1 N–H and O–H groups in total. The molecule has 1 aliphatic carbocycles. The number of carbonyl (C=O) groups excluding carboxylic acids is 1. The topological polar surface area (TPSA) is 80.5 Å². The van der Waals surface area contributed by atoms with Gasteiger partial charge in [0.1, 0.15) is 6.10 Å². The number of nitrogens with one attached hydrogen (secondary N) is 1. The number of likely N-dealkylation sites (N-methyl/N-ethyl adjacent to an activating group) is 1. The van der Waals surface area contributed by atoms with E-state index in [0.717, 1.165) is 25.3 Å². The van der Waals surface area contributed by atoms with Crippen molar-refractivity contribution in [2.75, 3.05) is 26.2 Å². The molecule has 0 radical (unpaired) electrons. The lowest BCUT2D eigenvalue weighted by molar-refractivity contribution is -0.145. The van der Waals surface area contributed by atoms with Crippen molar-refractivity contribution in [2.45, 2.75) is 44.8 Å². The number of aromatic nitrogens is 2. The number of carbonyl (C=O) groups is 1. The van der Waals surface area contributed by atoms with Gasteiger partial charge in [0.15, 0.2) is 5.82 Å². The fourth-order valence-electron chi connectivity index (χ4n) is 2.60. The van der Waals surface area contributed by atoms with Crippen molar-refractivity contribution in [3.63, 3.8) is 0 Å². The van der Waals surface area contributed by atoms with Crippen LogP contribution in [0.4, 0.5) is 0 Å². The van der Waals surface area contributed by atoms with Crippen LogP contribution in [-0.2, 0) is 16.1 Å². The standard InChI is InChI=1S/C14H22N4O3/c1-2-18(14(19)11-8-15-6-7-20-11)9-12-16-13(21-17-12)10-4-3-5-10/h10-11,15H,2-9H2,1H3/t11-/m1/s1. The average molecular weight is 294 g/mol. The van der Waals surface area contributed by atoms with E-state index < -0.39 is 6.10 Å². The molecule has 0 spiro atoms. The quantitative estimate of drug-likeness (QED) is 0.860. The summed E-state index contributed by atoms with van der Waals surface area (Å²) >= 11 is 0. The lowest BCUT2D eigenvalue weighted by atomic mass is 9.85. The second-order valence-corrected chi connectivity index (χ2v) is 5.59. The molecular formula is C14H22N4O3. The van der Waals surface area contributed by atoms with Crippen LogP contribution in [0.1, 0.15) is 43.8 Å². The molecule has 1 saturated carbocycles. The summed E-state index contributed by atoms with van der Waals surface area (Å²) in [5.74, 6) is 1.70. The highest BCUT2D eigenvalue weighted by Crippen LogP contribution is 2.35. The molecule has 0 unspecified atom stereocenters. The maximum absolute atomic E-state index is 12.4. The Morgan fingerprint density at radius 1 is 1.48 bits per heavy atom. The minimum Gasteiger partial charge on any atom is -0.366 e. The minimum absolute atomic E-state index is 0.0142. The number of nitrogens with zero attached hydrogens (tertiary/aromatic N) is 3. The summed E-state index contributed by atoms with van der Waals surface area (Å²) in [6, 6.07) is 0. The first-order valence-electron chi connectivity index (χ1n) is 7.71. The number of rotatable bonds is 5. The molecule has 7 nitrogen and oxygen atoms in total. The Kier molecular flexibility index (Phi) is 4.50. The summed E-state index contributed by atoms with van der Waals surface area (Å²) in [4.78, 5) is 18.6. The Morgan fingerprint density at radius 3 is 2.95 bits per heavy atom. The zero-order valence-corrected chi connectivity index (χ0v) is 12.4. The lowest BCUT2D eigenvalue weighted by Crippen LogP contribution is -2.49. The van der Waals surface area contributed by atoms with Crippen LogP contribution in [-0.4, -0.2) is 53.3 Å². The van der Waals surface area contributed by atoms with E-state index in [-0.39, 0.29) is 5.91 Å². The minimum atomic E-state index is -0.406. The van der Waals surface area contributed by atoms with E-state index >= 15 is 0 Å². The van der Waals surface area contributed by atoms with Gasteiger partial charge in [0.25, 0.3) is 5.91 Å². The molecule has 0 bridgehead atoms. The molecule has 116 valence electrons. The first-order valence-corrected chi connectivity index (χ1v) is 7.71. The highest BCUT2D eigenvalue weighted by Gasteiger charge is 2.29. The van der Waals surface area contributed by atoms with Crippen molar-refractivity contribution in [2.24, 2.45) is 0 Å². The van der Waals surface area contributed by atoms with Gasteiger partial charge < -0.3 is 19.5 Å². The largest absolute Gasteiger partial charge is 0.366 e. The van der Waals surface area contributed by atoms with Crippen molar-refractivity contribution < 1.29 is 14.1 Å². The van der Waals surface area contributed by atoms with Gasteiger partial charge in [0, 0.05) is 25.6 Å². The third-order valence-electron chi connectivity index (χ3n) is 4.17. The van der Waals surface area contributed by atoms with Gasteiger partial charge in [-0.25, -0.2) is 0 Å². The number of hydrogen-bond acceptors (Lipinski definition) is 6. The van der Waals surface area contributed by atoms with E-state index in [1.54, 1.807) is 4.90 Å². The van der Waals surface area contributed by atoms with Crippen molar-refractivity contribution in [1.29, 1.82) is 0 Å². The highest BCUT2D eigenvalue weighted by atomic mass is 16.5. The normalized spacial score (nSPS) is 22.8. The Balaban J connectivity index is 1.60. The number of hydrogen-bond donors (Lipinski definition) is 1. The summed E-state index contributed by atoms with van der Waals surface area (Å²) in [7, 11) is 0. The third kappa shape index (κ3) is 3.24. The molecule has 21 heavy (non-hydrogen) atoms. The van der Waals surface area contributed by atoms with Crippen LogP contribution in [0, 0.1) is 0 Å². The van der Waals surface area contributed by atoms with Crippen LogP contribution >= 0.6 is 0 Å². The Bertz CT molecular complexity index is 480. The summed E-state index contributed by atoms with van der Waals surface area (Å²) in [6.45, 7) is 4.86. The van der Waals surface area contributed by atoms with Gasteiger partial charge in [0.2, 0.25) is 5.89 Å². The van der Waals surface area contributed by atoms with E-state index in [2.05, 4.69) is 15.5 Å². The zero-order chi connectivity index (χ0) is 14.7.